The fraction of sp³-hybridized carbons (Fsp3) is 0.0909. The maximum Gasteiger partial charge on any atom is 0.256 e. The van der Waals surface area contributed by atoms with E-state index in [-0.39, 0.29) is 11.8 Å². The van der Waals surface area contributed by atoms with E-state index in [1.807, 2.05) is 48.9 Å². The van der Waals surface area contributed by atoms with E-state index in [0.29, 0.717) is 22.5 Å². The van der Waals surface area contributed by atoms with Crippen molar-refractivity contribution in [1.82, 2.24) is 0 Å². The molecule has 3 rings (SSSR count). The van der Waals surface area contributed by atoms with Crippen molar-refractivity contribution in [3.8, 4) is 0 Å². The van der Waals surface area contributed by atoms with Crippen LogP contribution in [0.2, 0.25) is 0 Å². The van der Waals surface area contributed by atoms with E-state index in [4.69, 9.17) is 0 Å². The number of amides is 2. The van der Waals surface area contributed by atoms with Gasteiger partial charge >= 0.3 is 0 Å². The summed E-state index contributed by atoms with van der Waals surface area (Å²) in [7, 11) is 0. The third-order valence-electron chi connectivity index (χ3n) is 4.10. The van der Waals surface area contributed by atoms with E-state index in [1.54, 1.807) is 36.4 Å². The van der Waals surface area contributed by atoms with Crippen LogP contribution in [0.25, 0.3) is 0 Å². The van der Waals surface area contributed by atoms with Crippen molar-refractivity contribution in [2.24, 2.45) is 0 Å². The lowest BCUT2D eigenvalue weighted by Crippen LogP contribution is -2.14. The van der Waals surface area contributed by atoms with Crippen molar-refractivity contribution >= 4 is 46.7 Å². The summed E-state index contributed by atoms with van der Waals surface area (Å²) in [4.78, 5) is 26.9. The zero-order chi connectivity index (χ0) is 19.9. The van der Waals surface area contributed by atoms with Gasteiger partial charge in [-0.2, -0.15) is 0 Å². The molecule has 0 atom stereocenters. The molecule has 0 radical (unpaired) electrons. The highest BCUT2D eigenvalue weighted by Gasteiger charge is 2.12. The third-order valence-corrected chi connectivity index (χ3v) is 5.70. The summed E-state index contributed by atoms with van der Waals surface area (Å²) in [6.07, 6.45) is 3.89. The van der Waals surface area contributed by atoms with Crippen LogP contribution >= 0.6 is 23.5 Å². The van der Waals surface area contributed by atoms with Crippen LogP contribution < -0.4 is 10.6 Å². The van der Waals surface area contributed by atoms with Gasteiger partial charge in [0.2, 0.25) is 0 Å². The van der Waals surface area contributed by atoms with Crippen molar-refractivity contribution in [2.75, 3.05) is 23.1 Å². The monoisotopic (exact) mass is 408 g/mol. The minimum Gasteiger partial charge on any atom is -0.322 e. The topological polar surface area (TPSA) is 58.2 Å². The van der Waals surface area contributed by atoms with Crippen molar-refractivity contribution in [3.05, 3.63) is 83.9 Å². The molecule has 0 unspecified atom stereocenters. The molecule has 0 saturated heterocycles. The predicted octanol–water partition coefficient (Wildman–Crippen LogP) is 5.64. The Hall–Kier alpha value is -2.70. The average Bonchev–Trinajstić information content (AvgIpc) is 2.74. The SMILES string of the molecule is CSc1ccccc1C(=O)Nc1ccc(NC(=O)c2ccccc2SC)cc1. The molecule has 2 N–H and O–H groups in total. The van der Waals surface area contributed by atoms with Crippen LogP contribution in [-0.2, 0) is 0 Å². The van der Waals surface area contributed by atoms with Crippen LogP contribution in [0.15, 0.2) is 82.6 Å². The van der Waals surface area contributed by atoms with Gasteiger partial charge in [-0.3, -0.25) is 9.59 Å². The Morgan fingerprint density at radius 3 is 1.32 bits per heavy atom. The Kier molecular flexibility index (Phi) is 6.79. The molecule has 142 valence electrons. The second-order valence-electron chi connectivity index (χ2n) is 5.89. The standard InChI is InChI=1S/C22H20N2O2S2/c1-27-19-9-5-3-7-17(19)21(25)23-15-11-13-16(14-12-15)24-22(26)18-8-4-6-10-20(18)28-2/h3-14H,1-2H3,(H,23,25)(H,24,26). The van der Waals surface area contributed by atoms with E-state index in [2.05, 4.69) is 10.6 Å². The summed E-state index contributed by atoms with van der Waals surface area (Å²) in [5.74, 6) is -0.314. The van der Waals surface area contributed by atoms with Gasteiger partial charge in [0.25, 0.3) is 11.8 Å². The highest BCUT2D eigenvalue weighted by atomic mass is 32.2. The van der Waals surface area contributed by atoms with Crippen LogP contribution in [0, 0.1) is 0 Å². The van der Waals surface area contributed by atoms with Gasteiger partial charge in [-0.1, -0.05) is 24.3 Å². The van der Waals surface area contributed by atoms with Crippen LogP contribution in [0.5, 0.6) is 0 Å². The molecule has 2 amide bonds. The molecular formula is C22H20N2O2S2. The molecule has 0 aromatic heterocycles. The molecule has 0 bridgehead atoms. The molecule has 4 nitrogen and oxygen atoms in total. The van der Waals surface area contributed by atoms with Gasteiger partial charge in [-0.05, 0) is 61.0 Å². The fourth-order valence-corrected chi connectivity index (χ4v) is 3.89. The van der Waals surface area contributed by atoms with Gasteiger partial charge in [-0.15, -0.1) is 23.5 Å². The average molecular weight is 409 g/mol. The van der Waals surface area contributed by atoms with E-state index in [0.717, 1.165) is 9.79 Å². The minimum atomic E-state index is -0.157. The van der Waals surface area contributed by atoms with Crippen LogP contribution in [0.3, 0.4) is 0 Å². The Bertz CT molecular complexity index is 907. The quantitative estimate of drug-likeness (QED) is 0.519. The van der Waals surface area contributed by atoms with Crippen LogP contribution in [0.1, 0.15) is 20.7 Å². The van der Waals surface area contributed by atoms with Crippen molar-refractivity contribution in [2.45, 2.75) is 9.79 Å². The summed E-state index contributed by atoms with van der Waals surface area (Å²) < 4.78 is 0. The molecule has 0 heterocycles. The third kappa shape index (κ3) is 4.77. The highest BCUT2D eigenvalue weighted by molar-refractivity contribution is 7.99. The normalized spacial score (nSPS) is 10.4. The van der Waals surface area contributed by atoms with Gasteiger partial charge in [0, 0.05) is 21.2 Å². The van der Waals surface area contributed by atoms with Crippen molar-refractivity contribution in [1.29, 1.82) is 0 Å². The Balaban J connectivity index is 1.68. The number of hydrogen-bond donors (Lipinski definition) is 2. The van der Waals surface area contributed by atoms with E-state index < -0.39 is 0 Å². The number of nitrogens with one attached hydrogen (secondary N) is 2. The Morgan fingerprint density at radius 1 is 0.607 bits per heavy atom. The molecular weight excluding hydrogens is 388 g/mol. The smallest absolute Gasteiger partial charge is 0.256 e. The summed E-state index contributed by atoms with van der Waals surface area (Å²) in [5.41, 5.74) is 2.62. The number of hydrogen-bond acceptors (Lipinski definition) is 4. The minimum absolute atomic E-state index is 0.157. The first-order chi connectivity index (χ1) is 13.6. The molecule has 0 fully saturated rings. The van der Waals surface area contributed by atoms with Crippen LogP contribution in [-0.4, -0.2) is 24.3 Å². The fourth-order valence-electron chi connectivity index (χ4n) is 2.70. The summed E-state index contributed by atoms with van der Waals surface area (Å²) in [6, 6.07) is 22.1. The molecule has 0 saturated carbocycles. The Morgan fingerprint density at radius 2 is 0.964 bits per heavy atom. The van der Waals surface area contributed by atoms with Crippen molar-refractivity contribution in [3.63, 3.8) is 0 Å². The summed E-state index contributed by atoms with van der Waals surface area (Å²) in [5, 5.41) is 5.79. The van der Waals surface area contributed by atoms with Gasteiger partial charge in [0.15, 0.2) is 0 Å². The van der Waals surface area contributed by atoms with Gasteiger partial charge in [-0.25, -0.2) is 0 Å². The number of rotatable bonds is 6. The number of anilines is 2. The molecule has 0 aliphatic heterocycles. The number of carbonyl (C=O) groups is 2. The largest absolute Gasteiger partial charge is 0.322 e. The maximum absolute atomic E-state index is 12.5. The molecule has 6 heteroatoms. The lowest BCUT2D eigenvalue weighted by atomic mass is 10.2. The first-order valence-corrected chi connectivity index (χ1v) is 11.1. The number of thioether (sulfide) groups is 2. The summed E-state index contributed by atoms with van der Waals surface area (Å²) in [6.45, 7) is 0. The first kappa shape index (κ1) is 20.0. The predicted molar refractivity (Wildman–Crippen MR) is 119 cm³/mol. The van der Waals surface area contributed by atoms with E-state index in [9.17, 15) is 9.59 Å². The molecule has 3 aromatic carbocycles. The second kappa shape index (κ2) is 9.48. The summed E-state index contributed by atoms with van der Waals surface area (Å²) >= 11 is 3.07. The number of carbonyl (C=O) groups excluding carboxylic acids is 2. The number of benzene rings is 3. The zero-order valence-corrected chi connectivity index (χ0v) is 17.2. The first-order valence-electron chi connectivity index (χ1n) is 8.61. The lowest BCUT2D eigenvalue weighted by molar-refractivity contribution is 0.101. The van der Waals surface area contributed by atoms with E-state index in [1.165, 1.54) is 23.5 Å². The molecule has 0 aliphatic rings. The van der Waals surface area contributed by atoms with E-state index >= 15 is 0 Å². The molecule has 28 heavy (non-hydrogen) atoms. The van der Waals surface area contributed by atoms with Crippen molar-refractivity contribution < 1.29 is 9.59 Å². The lowest BCUT2D eigenvalue weighted by Gasteiger charge is -2.11. The van der Waals surface area contributed by atoms with Gasteiger partial charge in [0.05, 0.1) is 11.1 Å². The van der Waals surface area contributed by atoms with Gasteiger partial charge in [0.1, 0.15) is 0 Å². The maximum atomic E-state index is 12.5. The van der Waals surface area contributed by atoms with Crippen LogP contribution in [0.4, 0.5) is 11.4 Å². The molecule has 0 aliphatic carbocycles. The zero-order valence-electron chi connectivity index (χ0n) is 15.6. The van der Waals surface area contributed by atoms with Gasteiger partial charge < -0.3 is 10.6 Å². The molecule has 3 aromatic rings. The second-order valence-corrected chi connectivity index (χ2v) is 7.58. The molecule has 0 spiro atoms. The highest BCUT2D eigenvalue weighted by Crippen LogP contribution is 2.23. The Labute approximate surface area is 173 Å².